The molecule has 1 saturated heterocycles. The van der Waals surface area contributed by atoms with Gasteiger partial charge in [0.15, 0.2) is 0 Å². The van der Waals surface area contributed by atoms with Crippen molar-refractivity contribution in [3.63, 3.8) is 0 Å². The number of hydrogen-bond donors (Lipinski definition) is 1. The Morgan fingerprint density at radius 2 is 2.16 bits per heavy atom. The number of anilines is 2. The first-order valence-electron chi connectivity index (χ1n) is 6.31. The summed E-state index contributed by atoms with van der Waals surface area (Å²) < 4.78 is 4.64. The zero-order chi connectivity index (χ0) is 13.7. The van der Waals surface area contributed by atoms with E-state index < -0.39 is 0 Å². The third kappa shape index (κ3) is 3.78. The second-order valence-corrected chi connectivity index (χ2v) is 4.43. The number of ether oxygens (including phenoxy) is 1. The summed E-state index contributed by atoms with van der Waals surface area (Å²) in [5.41, 5.74) is 5.58. The average Bonchev–Trinajstić information content (AvgIpc) is 2.45. The van der Waals surface area contributed by atoms with Gasteiger partial charge in [-0.15, -0.1) is 0 Å². The molecule has 2 heterocycles. The fourth-order valence-electron chi connectivity index (χ4n) is 2.09. The highest BCUT2D eigenvalue weighted by Gasteiger charge is 2.18. The maximum atomic E-state index is 11.1. The minimum atomic E-state index is -0.161. The number of methoxy groups -OCH3 is 1. The lowest BCUT2D eigenvalue weighted by Crippen LogP contribution is -2.47. The monoisotopic (exact) mass is 265 g/mol. The van der Waals surface area contributed by atoms with Gasteiger partial charge < -0.3 is 15.4 Å². The van der Waals surface area contributed by atoms with Crippen LogP contribution in [0.1, 0.15) is 6.42 Å². The Labute approximate surface area is 112 Å². The molecule has 2 N–H and O–H groups in total. The van der Waals surface area contributed by atoms with E-state index in [1.54, 1.807) is 6.20 Å². The van der Waals surface area contributed by atoms with E-state index in [4.69, 9.17) is 5.73 Å². The Kier molecular flexibility index (Phi) is 4.51. The molecule has 1 aliphatic heterocycles. The van der Waals surface area contributed by atoms with Crippen molar-refractivity contribution in [2.45, 2.75) is 6.42 Å². The number of rotatable bonds is 4. The molecule has 0 aromatic carbocycles. The largest absolute Gasteiger partial charge is 0.469 e. The van der Waals surface area contributed by atoms with Crippen molar-refractivity contribution in [2.24, 2.45) is 0 Å². The molecule has 1 aromatic heterocycles. The van der Waals surface area contributed by atoms with E-state index in [1.807, 2.05) is 6.07 Å². The van der Waals surface area contributed by atoms with Crippen LogP contribution >= 0.6 is 0 Å². The van der Waals surface area contributed by atoms with E-state index in [9.17, 15) is 4.79 Å². The predicted molar refractivity (Wildman–Crippen MR) is 71.7 cm³/mol. The van der Waals surface area contributed by atoms with Crippen LogP contribution < -0.4 is 10.6 Å². The van der Waals surface area contributed by atoms with Crippen molar-refractivity contribution >= 4 is 17.7 Å². The van der Waals surface area contributed by atoms with Crippen LogP contribution in [0.15, 0.2) is 12.3 Å². The quantitative estimate of drug-likeness (QED) is 0.751. The summed E-state index contributed by atoms with van der Waals surface area (Å²) in [7, 11) is 1.42. The molecule has 0 unspecified atom stereocenters. The molecule has 0 atom stereocenters. The van der Waals surface area contributed by atoms with Crippen molar-refractivity contribution in [1.82, 2.24) is 14.9 Å². The summed E-state index contributed by atoms with van der Waals surface area (Å²) in [6.45, 7) is 4.30. The maximum Gasteiger partial charge on any atom is 0.306 e. The minimum Gasteiger partial charge on any atom is -0.469 e. The third-order valence-electron chi connectivity index (χ3n) is 3.22. The number of piperazine rings is 1. The first-order valence-corrected chi connectivity index (χ1v) is 6.31. The van der Waals surface area contributed by atoms with Crippen molar-refractivity contribution in [3.8, 4) is 0 Å². The van der Waals surface area contributed by atoms with Gasteiger partial charge in [0, 0.05) is 38.9 Å². The first-order chi connectivity index (χ1) is 9.19. The van der Waals surface area contributed by atoms with Crippen LogP contribution in [-0.2, 0) is 9.53 Å². The molecule has 1 aromatic rings. The highest BCUT2D eigenvalue weighted by molar-refractivity contribution is 5.69. The second-order valence-electron chi connectivity index (χ2n) is 4.43. The Bertz CT molecular complexity index is 432. The molecular weight excluding hydrogens is 246 g/mol. The van der Waals surface area contributed by atoms with Crippen LogP contribution in [0.25, 0.3) is 0 Å². The highest BCUT2D eigenvalue weighted by Crippen LogP contribution is 2.13. The molecule has 2 rings (SSSR count). The minimum absolute atomic E-state index is 0.161. The summed E-state index contributed by atoms with van der Waals surface area (Å²) in [5, 5.41) is 0. The van der Waals surface area contributed by atoms with Crippen LogP contribution in [0.2, 0.25) is 0 Å². The molecule has 0 amide bonds. The van der Waals surface area contributed by atoms with Crippen molar-refractivity contribution in [1.29, 1.82) is 0 Å². The first kappa shape index (κ1) is 13.5. The van der Waals surface area contributed by atoms with E-state index in [1.165, 1.54) is 7.11 Å². The Hall–Kier alpha value is -1.89. The topological polar surface area (TPSA) is 84.6 Å². The van der Waals surface area contributed by atoms with Crippen molar-refractivity contribution in [2.75, 3.05) is 50.5 Å². The number of carbonyl (C=O) groups excluding carboxylic acids is 1. The van der Waals surface area contributed by atoms with Gasteiger partial charge in [0.25, 0.3) is 0 Å². The SMILES string of the molecule is COC(=O)CCN1CCN(c2ccnc(N)n2)CC1. The number of nitrogen functional groups attached to an aromatic ring is 1. The molecule has 104 valence electrons. The molecule has 0 bridgehead atoms. The summed E-state index contributed by atoms with van der Waals surface area (Å²) in [4.78, 5) is 23.6. The number of nitrogens with zero attached hydrogens (tertiary/aromatic N) is 4. The number of esters is 1. The van der Waals surface area contributed by atoms with Crippen LogP contribution in [-0.4, -0.2) is 60.7 Å². The lowest BCUT2D eigenvalue weighted by Gasteiger charge is -2.35. The lowest BCUT2D eigenvalue weighted by molar-refractivity contribution is -0.141. The van der Waals surface area contributed by atoms with Crippen molar-refractivity contribution < 1.29 is 9.53 Å². The fraction of sp³-hybridized carbons (Fsp3) is 0.583. The van der Waals surface area contributed by atoms with Crippen LogP contribution in [0.4, 0.5) is 11.8 Å². The van der Waals surface area contributed by atoms with Crippen LogP contribution in [0.3, 0.4) is 0 Å². The zero-order valence-corrected chi connectivity index (χ0v) is 11.1. The number of carbonyl (C=O) groups is 1. The molecule has 1 aliphatic rings. The fourth-order valence-corrected chi connectivity index (χ4v) is 2.09. The molecule has 1 fully saturated rings. The van der Waals surface area contributed by atoms with Gasteiger partial charge in [-0.1, -0.05) is 0 Å². The normalized spacial score (nSPS) is 16.4. The Morgan fingerprint density at radius 3 is 2.79 bits per heavy atom. The van der Waals surface area contributed by atoms with E-state index in [2.05, 4.69) is 24.5 Å². The van der Waals surface area contributed by atoms with Gasteiger partial charge >= 0.3 is 5.97 Å². The molecular formula is C12H19N5O2. The Morgan fingerprint density at radius 1 is 1.42 bits per heavy atom. The van der Waals surface area contributed by atoms with Crippen LogP contribution in [0, 0.1) is 0 Å². The highest BCUT2D eigenvalue weighted by atomic mass is 16.5. The van der Waals surface area contributed by atoms with Gasteiger partial charge in [-0.05, 0) is 6.07 Å². The summed E-state index contributed by atoms with van der Waals surface area (Å²) in [6, 6.07) is 1.86. The molecule has 7 heteroatoms. The zero-order valence-electron chi connectivity index (χ0n) is 11.1. The molecule has 0 aliphatic carbocycles. The van der Waals surface area contributed by atoms with Gasteiger partial charge in [-0.3, -0.25) is 9.69 Å². The van der Waals surface area contributed by atoms with Gasteiger partial charge in [-0.25, -0.2) is 4.98 Å². The summed E-state index contributed by atoms with van der Waals surface area (Å²) in [5.74, 6) is 0.997. The second kappa shape index (κ2) is 6.33. The molecule has 19 heavy (non-hydrogen) atoms. The molecule has 0 radical (unpaired) electrons. The van der Waals surface area contributed by atoms with Gasteiger partial charge in [-0.2, -0.15) is 4.98 Å². The predicted octanol–water partition coefficient (Wildman–Crippen LogP) is -0.256. The lowest BCUT2D eigenvalue weighted by atomic mass is 10.3. The van der Waals surface area contributed by atoms with E-state index in [0.717, 1.165) is 38.5 Å². The number of aromatic nitrogens is 2. The van der Waals surface area contributed by atoms with Crippen LogP contribution in [0.5, 0.6) is 0 Å². The molecule has 0 spiro atoms. The number of hydrogen-bond acceptors (Lipinski definition) is 7. The standard InChI is InChI=1S/C12H19N5O2/c1-19-11(18)3-5-16-6-8-17(9-7-16)10-2-4-14-12(13)15-10/h2,4H,3,5-9H2,1H3,(H2,13,14,15). The number of nitrogens with two attached hydrogens (primary N) is 1. The van der Waals surface area contributed by atoms with Gasteiger partial charge in [0.1, 0.15) is 5.82 Å². The molecule has 0 saturated carbocycles. The molecule has 7 nitrogen and oxygen atoms in total. The van der Waals surface area contributed by atoms with E-state index in [-0.39, 0.29) is 5.97 Å². The smallest absolute Gasteiger partial charge is 0.306 e. The summed E-state index contributed by atoms with van der Waals surface area (Å²) >= 11 is 0. The van der Waals surface area contributed by atoms with E-state index >= 15 is 0 Å². The maximum absolute atomic E-state index is 11.1. The third-order valence-corrected chi connectivity index (χ3v) is 3.22. The van der Waals surface area contributed by atoms with Gasteiger partial charge in [0.05, 0.1) is 13.5 Å². The van der Waals surface area contributed by atoms with Gasteiger partial charge in [0.2, 0.25) is 5.95 Å². The average molecular weight is 265 g/mol. The van der Waals surface area contributed by atoms with Crippen molar-refractivity contribution in [3.05, 3.63) is 12.3 Å². The summed E-state index contributed by atoms with van der Waals surface area (Å²) in [6.07, 6.45) is 2.11. The van der Waals surface area contributed by atoms with E-state index in [0.29, 0.717) is 12.4 Å². The Balaban J connectivity index is 1.81.